The highest BCUT2D eigenvalue weighted by atomic mass is 16.5. The van der Waals surface area contributed by atoms with Crippen LogP contribution in [-0.4, -0.2) is 49.8 Å². The number of hydrogen-bond acceptors (Lipinski definition) is 3. The molecule has 94 valence electrons. The number of ether oxygens (including phenoxy) is 1. The van der Waals surface area contributed by atoms with Gasteiger partial charge in [-0.2, -0.15) is 0 Å². The van der Waals surface area contributed by atoms with Crippen LogP contribution < -0.4 is 5.32 Å². The van der Waals surface area contributed by atoms with E-state index >= 15 is 0 Å². The van der Waals surface area contributed by atoms with Crippen LogP contribution in [0.5, 0.6) is 0 Å². The highest BCUT2D eigenvalue weighted by Gasteiger charge is 2.30. The monoisotopic (exact) mass is 226 g/mol. The second-order valence-electron chi connectivity index (χ2n) is 5.26. The molecule has 0 aromatic carbocycles. The first-order chi connectivity index (χ1) is 7.81. The van der Waals surface area contributed by atoms with Crippen LogP contribution in [0.1, 0.15) is 39.0 Å². The zero-order valence-electron chi connectivity index (χ0n) is 10.7. The molecule has 1 aliphatic carbocycles. The largest absolute Gasteiger partial charge is 0.380 e. The maximum absolute atomic E-state index is 5.49. The second kappa shape index (κ2) is 5.99. The van der Waals surface area contributed by atoms with Gasteiger partial charge in [-0.25, -0.2) is 0 Å². The minimum atomic E-state index is 0.672. The van der Waals surface area contributed by atoms with Crippen molar-refractivity contribution in [1.29, 1.82) is 0 Å². The van der Waals surface area contributed by atoms with Gasteiger partial charge in [0.2, 0.25) is 0 Å². The van der Waals surface area contributed by atoms with Gasteiger partial charge in [0.25, 0.3) is 0 Å². The zero-order chi connectivity index (χ0) is 11.4. The van der Waals surface area contributed by atoms with Crippen molar-refractivity contribution >= 4 is 0 Å². The summed E-state index contributed by atoms with van der Waals surface area (Å²) in [5, 5.41) is 3.60. The summed E-state index contributed by atoms with van der Waals surface area (Å²) < 4.78 is 5.49. The summed E-state index contributed by atoms with van der Waals surface area (Å²) >= 11 is 0. The Morgan fingerprint density at radius 1 is 1.25 bits per heavy atom. The Labute approximate surface area is 99.5 Å². The van der Waals surface area contributed by atoms with Gasteiger partial charge in [-0.1, -0.05) is 13.3 Å². The molecule has 2 rings (SSSR count). The van der Waals surface area contributed by atoms with Gasteiger partial charge in [-0.15, -0.1) is 0 Å². The molecular weight excluding hydrogens is 200 g/mol. The predicted molar refractivity (Wildman–Crippen MR) is 66.7 cm³/mol. The molecule has 2 fully saturated rings. The molecule has 1 aliphatic heterocycles. The third kappa shape index (κ3) is 2.96. The van der Waals surface area contributed by atoms with E-state index < -0.39 is 0 Å². The Morgan fingerprint density at radius 3 is 2.81 bits per heavy atom. The molecular formula is C13H26N2O. The fourth-order valence-corrected chi connectivity index (χ4v) is 3.15. The van der Waals surface area contributed by atoms with Crippen molar-refractivity contribution in [2.24, 2.45) is 0 Å². The van der Waals surface area contributed by atoms with Crippen LogP contribution >= 0.6 is 0 Å². The number of nitrogens with one attached hydrogen (secondary N) is 1. The highest BCUT2D eigenvalue weighted by Crippen LogP contribution is 2.25. The molecule has 1 heterocycles. The second-order valence-corrected chi connectivity index (χ2v) is 5.26. The number of likely N-dealkylation sites (N-methyl/N-ethyl adjacent to an activating group) is 1. The highest BCUT2D eigenvalue weighted by molar-refractivity contribution is 4.86. The molecule has 1 saturated carbocycles. The standard InChI is InChI=1S/C13H26N2O/c1-3-14-11-5-4-6-12(9-11)15(2)13-7-8-16-10-13/h11-14H,3-10H2,1-2H3. The van der Waals surface area contributed by atoms with E-state index in [1.54, 1.807) is 0 Å². The van der Waals surface area contributed by atoms with Crippen molar-refractivity contribution in [2.45, 2.75) is 57.2 Å². The molecule has 0 amide bonds. The van der Waals surface area contributed by atoms with E-state index in [1.165, 1.54) is 32.1 Å². The van der Waals surface area contributed by atoms with Gasteiger partial charge >= 0.3 is 0 Å². The van der Waals surface area contributed by atoms with E-state index in [0.29, 0.717) is 6.04 Å². The Balaban J connectivity index is 1.82. The maximum atomic E-state index is 5.49. The molecule has 3 nitrogen and oxygen atoms in total. The van der Waals surface area contributed by atoms with E-state index in [4.69, 9.17) is 4.74 Å². The fourth-order valence-electron chi connectivity index (χ4n) is 3.15. The maximum Gasteiger partial charge on any atom is 0.0622 e. The molecule has 2 aliphatic rings. The molecule has 1 N–H and O–H groups in total. The topological polar surface area (TPSA) is 24.5 Å². The normalized spacial score (nSPS) is 35.8. The smallest absolute Gasteiger partial charge is 0.0622 e. The first-order valence-corrected chi connectivity index (χ1v) is 6.84. The van der Waals surface area contributed by atoms with Crippen molar-refractivity contribution in [3.05, 3.63) is 0 Å². The average Bonchev–Trinajstić information content (AvgIpc) is 2.82. The van der Waals surface area contributed by atoms with Crippen molar-refractivity contribution in [3.63, 3.8) is 0 Å². The summed E-state index contributed by atoms with van der Waals surface area (Å²) in [4.78, 5) is 2.58. The van der Waals surface area contributed by atoms with Gasteiger partial charge in [-0.3, -0.25) is 4.90 Å². The molecule has 1 saturated heterocycles. The molecule has 16 heavy (non-hydrogen) atoms. The van der Waals surface area contributed by atoms with E-state index in [1.807, 2.05) is 0 Å². The van der Waals surface area contributed by atoms with Crippen LogP contribution in [0.15, 0.2) is 0 Å². The molecule has 3 unspecified atom stereocenters. The van der Waals surface area contributed by atoms with Gasteiger partial charge in [-0.05, 0) is 39.3 Å². The molecule has 0 radical (unpaired) electrons. The summed E-state index contributed by atoms with van der Waals surface area (Å²) in [7, 11) is 2.29. The van der Waals surface area contributed by atoms with Crippen molar-refractivity contribution in [3.8, 4) is 0 Å². The minimum absolute atomic E-state index is 0.672. The van der Waals surface area contributed by atoms with Gasteiger partial charge in [0.05, 0.1) is 6.61 Å². The molecule has 0 aromatic rings. The predicted octanol–water partition coefficient (Wildman–Crippen LogP) is 1.63. The van der Waals surface area contributed by atoms with Crippen molar-refractivity contribution in [2.75, 3.05) is 26.8 Å². The Hall–Kier alpha value is -0.120. The van der Waals surface area contributed by atoms with Gasteiger partial charge < -0.3 is 10.1 Å². The molecule has 0 aromatic heterocycles. The summed E-state index contributed by atoms with van der Waals surface area (Å²) in [6, 6.07) is 2.18. The first-order valence-electron chi connectivity index (χ1n) is 6.84. The number of nitrogens with zero attached hydrogens (tertiary/aromatic N) is 1. The van der Waals surface area contributed by atoms with Crippen LogP contribution in [-0.2, 0) is 4.74 Å². The zero-order valence-corrected chi connectivity index (χ0v) is 10.7. The van der Waals surface area contributed by atoms with E-state index in [-0.39, 0.29) is 0 Å². The molecule has 0 spiro atoms. The van der Waals surface area contributed by atoms with Crippen molar-refractivity contribution < 1.29 is 4.74 Å². The minimum Gasteiger partial charge on any atom is -0.380 e. The molecule has 3 heteroatoms. The summed E-state index contributed by atoms with van der Waals surface area (Å²) in [5.74, 6) is 0. The van der Waals surface area contributed by atoms with E-state index in [0.717, 1.165) is 31.8 Å². The summed E-state index contributed by atoms with van der Waals surface area (Å²) in [6.45, 7) is 5.21. The van der Waals surface area contributed by atoms with Crippen LogP contribution in [0.25, 0.3) is 0 Å². The summed E-state index contributed by atoms with van der Waals surface area (Å²) in [6.07, 6.45) is 6.65. The quantitative estimate of drug-likeness (QED) is 0.788. The third-order valence-electron chi connectivity index (χ3n) is 4.20. The summed E-state index contributed by atoms with van der Waals surface area (Å²) in [5.41, 5.74) is 0. The van der Waals surface area contributed by atoms with Gasteiger partial charge in [0, 0.05) is 24.7 Å². The third-order valence-corrected chi connectivity index (χ3v) is 4.20. The molecule has 0 bridgehead atoms. The Kier molecular flexibility index (Phi) is 4.62. The van der Waals surface area contributed by atoms with Gasteiger partial charge in [0.15, 0.2) is 0 Å². The average molecular weight is 226 g/mol. The van der Waals surface area contributed by atoms with E-state index in [2.05, 4.69) is 24.2 Å². The lowest BCUT2D eigenvalue weighted by atomic mass is 9.89. The Bertz CT molecular complexity index is 202. The fraction of sp³-hybridized carbons (Fsp3) is 1.00. The van der Waals surface area contributed by atoms with Crippen LogP contribution in [0.4, 0.5) is 0 Å². The lowest BCUT2D eigenvalue weighted by Crippen LogP contribution is -2.46. The lowest BCUT2D eigenvalue weighted by Gasteiger charge is -2.38. The van der Waals surface area contributed by atoms with Crippen molar-refractivity contribution in [1.82, 2.24) is 10.2 Å². The SMILES string of the molecule is CCNC1CCCC(N(C)C2CCOC2)C1. The van der Waals surface area contributed by atoms with Gasteiger partial charge in [0.1, 0.15) is 0 Å². The number of hydrogen-bond donors (Lipinski definition) is 1. The number of rotatable bonds is 4. The Morgan fingerprint density at radius 2 is 2.12 bits per heavy atom. The van der Waals surface area contributed by atoms with E-state index in [9.17, 15) is 0 Å². The lowest BCUT2D eigenvalue weighted by molar-refractivity contribution is 0.104. The van der Waals surface area contributed by atoms with Crippen LogP contribution in [0, 0.1) is 0 Å². The first kappa shape index (κ1) is 12.3. The van der Waals surface area contributed by atoms with Crippen LogP contribution in [0.2, 0.25) is 0 Å². The van der Waals surface area contributed by atoms with Crippen LogP contribution in [0.3, 0.4) is 0 Å². The molecule has 3 atom stereocenters.